The van der Waals surface area contributed by atoms with E-state index >= 15 is 0 Å². The van der Waals surface area contributed by atoms with E-state index in [2.05, 4.69) is 28.2 Å². The number of fused-ring (bicyclic) bond motifs is 1. The third kappa shape index (κ3) is 5.18. The van der Waals surface area contributed by atoms with Gasteiger partial charge >= 0.3 is 0 Å². The summed E-state index contributed by atoms with van der Waals surface area (Å²) in [7, 11) is 1.65. The molecule has 0 spiro atoms. The number of methoxy groups -OCH3 is 1. The van der Waals surface area contributed by atoms with E-state index in [-0.39, 0.29) is 24.1 Å². The number of para-hydroxylation sites is 1. The fourth-order valence-corrected chi connectivity index (χ4v) is 4.57. The number of hydrogen-bond acceptors (Lipinski definition) is 3. The number of carbonyl (C=O) groups excluding carboxylic acids is 1. The standard InChI is InChI=1S/C30H27FN2O3/c1-35-24-14-8-21(9-15-24)19-33-20-28(26-6-2-3-7-29(26)33)27(22-10-12-23(31)13-11-22)17-30(34)32-18-25-5-4-16-36-25/h2-16,20,27H,17-19H2,1H3,(H,32,34). The summed E-state index contributed by atoms with van der Waals surface area (Å²) in [6.45, 7) is 0.993. The highest BCUT2D eigenvalue weighted by Gasteiger charge is 2.23. The minimum Gasteiger partial charge on any atom is -0.497 e. The molecule has 0 aliphatic carbocycles. The second-order valence-electron chi connectivity index (χ2n) is 8.74. The zero-order chi connectivity index (χ0) is 24.9. The number of nitrogens with one attached hydrogen (secondary N) is 1. The Hall–Kier alpha value is -4.32. The van der Waals surface area contributed by atoms with Gasteiger partial charge in [0.05, 0.1) is 19.9 Å². The van der Waals surface area contributed by atoms with Crippen LogP contribution in [0.3, 0.4) is 0 Å². The predicted octanol–water partition coefficient (Wildman–Crippen LogP) is 6.27. The van der Waals surface area contributed by atoms with Crippen LogP contribution in [0.25, 0.3) is 10.9 Å². The van der Waals surface area contributed by atoms with Crippen molar-refractivity contribution in [1.29, 1.82) is 0 Å². The van der Waals surface area contributed by atoms with Gasteiger partial charge in [-0.15, -0.1) is 0 Å². The van der Waals surface area contributed by atoms with E-state index < -0.39 is 0 Å². The van der Waals surface area contributed by atoms with E-state index in [1.807, 2.05) is 42.5 Å². The highest BCUT2D eigenvalue weighted by atomic mass is 19.1. The van der Waals surface area contributed by atoms with Gasteiger partial charge in [-0.2, -0.15) is 0 Å². The number of hydrogen-bond donors (Lipinski definition) is 1. The molecule has 3 aromatic carbocycles. The Morgan fingerprint density at radius 1 is 1.00 bits per heavy atom. The molecule has 0 radical (unpaired) electrons. The lowest BCUT2D eigenvalue weighted by Crippen LogP contribution is -2.24. The minimum absolute atomic E-state index is 0.104. The summed E-state index contributed by atoms with van der Waals surface area (Å²) in [5.74, 6) is 0.852. The van der Waals surface area contributed by atoms with Crippen LogP contribution in [0.5, 0.6) is 5.75 Å². The summed E-state index contributed by atoms with van der Waals surface area (Å²) in [4.78, 5) is 13.0. The third-order valence-corrected chi connectivity index (χ3v) is 6.41. The van der Waals surface area contributed by atoms with E-state index in [0.29, 0.717) is 18.8 Å². The van der Waals surface area contributed by atoms with Gasteiger partial charge < -0.3 is 19.0 Å². The molecule has 182 valence electrons. The van der Waals surface area contributed by atoms with Crippen molar-refractivity contribution in [2.24, 2.45) is 0 Å². The van der Waals surface area contributed by atoms with Crippen molar-refractivity contribution in [2.45, 2.75) is 25.4 Å². The number of amides is 1. The third-order valence-electron chi connectivity index (χ3n) is 6.41. The molecular weight excluding hydrogens is 455 g/mol. The first-order valence-corrected chi connectivity index (χ1v) is 11.9. The molecule has 0 aliphatic heterocycles. The SMILES string of the molecule is COc1ccc(Cn2cc(C(CC(=O)NCc3ccco3)c3ccc(F)cc3)c3ccccc32)cc1. The van der Waals surface area contributed by atoms with Crippen LogP contribution in [-0.2, 0) is 17.9 Å². The van der Waals surface area contributed by atoms with Crippen LogP contribution >= 0.6 is 0 Å². The maximum Gasteiger partial charge on any atom is 0.221 e. The molecule has 2 heterocycles. The number of rotatable bonds is 9. The fourth-order valence-electron chi connectivity index (χ4n) is 4.57. The summed E-state index contributed by atoms with van der Waals surface area (Å²) in [6.07, 6.45) is 3.92. The quantitative estimate of drug-likeness (QED) is 0.269. The van der Waals surface area contributed by atoms with Crippen molar-refractivity contribution < 1.29 is 18.3 Å². The molecule has 1 atom stereocenters. The predicted molar refractivity (Wildman–Crippen MR) is 137 cm³/mol. The van der Waals surface area contributed by atoms with Crippen molar-refractivity contribution in [1.82, 2.24) is 9.88 Å². The normalized spacial score (nSPS) is 11.9. The molecule has 2 aromatic heterocycles. The lowest BCUT2D eigenvalue weighted by Gasteiger charge is -2.17. The molecule has 6 heteroatoms. The Bertz CT molecular complexity index is 1440. The lowest BCUT2D eigenvalue weighted by molar-refractivity contribution is -0.121. The van der Waals surface area contributed by atoms with Crippen LogP contribution < -0.4 is 10.1 Å². The zero-order valence-electron chi connectivity index (χ0n) is 20.0. The minimum atomic E-state index is -0.304. The van der Waals surface area contributed by atoms with Gasteiger partial charge in [0, 0.05) is 36.0 Å². The van der Waals surface area contributed by atoms with E-state index in [9.17, 15) is 9.18 Å². The van der Waals surface area contributed by atoms with Gasteiger partial charge in [0.1, 0.15) is 17.3 Å². The molecule has 0 aliphatic rings. The van der Waals surface area contributed by atoms with Crippen LogP contribution in [-0.4, -0.2) is 17.6 Å². The Balaban J connectivity index is 1.49. The van der Waals surface area contributed by atoms with Gasteiger partial charge in [0.25, 0.3) is 0 Å². The Labute approximate surface area is 209 Å². The molecule has 5 nitrogen and oxygen atoms in total. The summed E-state index contributed by atoms with van der Waals surface area (Å²) < 4.78 is 26.6. The first-order valence-electron chi connectivity index (χ1n) is 11.9. The van der Waals surface area contributed by atoms with Gasteiger partial charge in [0.15, 0.2) is 0 Å². The molecule has 0 fully saturated rings. The molecule has 5 aromatic rings. The molecule has 0 bridgehead atoms. The molecule has 0 saturated carbocycles. The van der Waals surface area contributed by atoms with Crippen LogP contribution in [0.2, 0.25) is 0 Å². The highest BCUT2D eigenvalue weighted by Crippen LogP contribution is 2.35. The summed E-state index contributed by atoms with van der Waals surface area (Å²) in [5.41, 5.74) is 4.12. The molecule has 5 rings (SSSR count). The summed E-state index contributed by atoms with van der Waals surface area (Å²) in [5, 5.41) is 4.02. The fraction of sp³-hybridized carbons (Fsp3) is 0.167. The summed E-state index contributed by atoms with van der Waals surface area (Å²) in [6, 6.07) is 26.2. The van der Waals surface area contributed by atoms with Gasteiger partial charge in [-0.1, -0.05) is 42.5 Å². The molecular formula is C30H27FN2O3. The van der Waals surface area contributed by atoms with Crippen molar-refractivity contribution in [3.8, 4) is 5.75 Å². The van der Waals surface area contributed by atoms with Gasteiger partial charge in [0.2, 0.25) is 5.91 Å². The van der Waals surface area contributed by atoms with Crippen LogP contribution in [0.15, 0.2) is 102 Å². The first kappa shape index (κ1) is 23.4. The zero-order valence-corrected chi connectivity index (χ0v) is 20.0. The Morgan fingerprint density at radius 3 is 2.50 bits per heavy atom. The van der Waals surface area contributed by atoms with Crippen molar-refractivity contribution in [3.05, 3.63) is 126 Å². The van der Waals surface area contributed by atoms with E-state index in [1.165, 1.54) is 12.1 Å². The monoisotopic (exact) mass is 482 g/mol. The average Bonchev–Trinajstić information content (AvgIpc) is 3.56. The highest BCUT2D eigenvalue weighted by molar-refractivity contribution is 5.86. The second-order valence-corrected chi connectivity index (χ2v) is 8.74. The number of carbonyl (C=O) groups is 1. The van der Waals surface area contributed by atoms with Gasteiger partial charge in [-0.3, -0.25) is 4.79 Å². The number of halogens is 1. The van der Waals surface area contributed by atoms with Crippen LogP contribution in [0.1, 0.15) is 34.8 Å². The number of ether oxygens (including phenoxy) is 1. The van der Waals surface area contributed by atoms with Gasteiger partial charge in [-0.25, -0.2) is 4.39 Å². The van der Waals surface area contributed by atoms with E-state index in [0.717, 1.165) is 33.3 Å². The number of furan rings is 1. The summed E-state index contributed by atoms with van der Waals surface area (Å²) >= 11 is 0. The average molecular weight is 483 g/mol. The molecule has 1 amide bonds. The van der Waals surface area contributed by atoms with Crippen molar-refractivity contribution >= 4 is 16.8 Å². The van der Waals surface area contributed by atoms with Crippen molar-refractivity contribution in [3.63, 3.8) is 0 Å². The van der Waals surface area contributed by atoms with Crippen LogP contribution in [0, 0.1) is 5.82 Å². The lowest BCUT2D eigenvalue weighted by atomic mass is 9.88. The maximum atomic E-state index is 13.7. The largest absolute Gasteiger partial charge is 0.497 e. The van der Waals surface area contributed by atoms with Crippen LogP contribution in [0.4, 0.5) is 4.39 Å². The smallest absolute Gasteiger partial charge is 0.221 e. The Kier molecular flexibility index (Phi) is 6.85. The van der Waals surface area contributed by atoms with Crippen molar-refractivity contribution in [2.75, 3.05) is 7.11 Å². The number of benzene rings is 3. The molecule has 0 saturated heterocycles. The number of nitrogens with zero attached hydrogens (tertiary/aromatic N) is 1. The topological polar surface area (TPSA) is 56.4 Å². The number of aromatic nitrogens is 1. The first-order chi connectivity index (χ1) is 17.6. The van der Waals surface area contributed by atoms with Gasteiger partial charge in [-0.05, 0) is 59.2 Å². The Morgan fingerprint density at radius 2 is 1.78 bits per heavy atom. The van der Waals surface area contributed by atoms with E-state index in [4.69, 9.17) is 9.15 Å². The molecule has 1 unspecified atom stereocenters. The molecule has 1 N–H and O–H groups in total. The maximum absolute atomic E-state index is 13.7. The van der Waals surface area contributed by atoms with E-state index in [1.54, 1.807) is 31.6 Å². The second kappa shape index (κ2) is 10.5. The molecule has 36 heavy (non-hydrogen) atoms.